The molecule has 0 aliphatic carbocycles. The van der Waals surface area contributed by atoms with E-state index in [0.717, 1.165) is 26.6 Å². The van der Waals surface area contributed by atoms with Crippen LogP contribution in [0.4, 0.5) is 5.69 Å². The summed E-state index contributed by atoms with van der Waals surface area (Å²) in [4.78, 5) is 32.5. The fourth-order valence-electron chi connectivity index (χ4n) is 3.06. The van der Waals surface area contributed by atoms with E-state index in [9.17, 15) is 9.59 Å². The molecule has 6 nitrogen and oxygen atoms in total. The van der Waals surface area contributed by atoms with Crippen LogP contribution in [0.1, 0.15) is 11.3 Å². The highest BCUT2D eigenvalue weighted by molar-refractivity contribution is 9.10. The number of aromatic nitrogens is 3. The SMILES string of the molecule is Cc1[nH]c2ccc(Br)cc2c1CC(=O)Nc1ccc2[nH]c(=O)[nH]c2c1. The van der Waals surface area contributed by atoms with E-state index >= 15 is 0 Å². The third-order valence-corrected chi connectivity index (χ3v) is 4.71. The maximum Gasteiger partial charge on any atom is 0.323 e. The first-order chi connectivity index (χ1) is 12.0. The van der Waals surface area contributed by atoms with Crippen molar-refractivity contribution < 1.29 is 4.79 Å². The molecule has 2 heterocycles. The molecular weight excluding hydrogens is 384 g/mol. The quantitative estimate of drug-likeness (QED) is 0.424. The van der Waals surface area contributed by atoms with E-state index in [1.165, 1.54) is 0 Å². The minimum absolute atomic E-state index is 0.110. The molecule has 0 atom stereocenters. The highest BCUT2D eigenvalue weighted by atomic mass is 79.9. The van der Waals surface area contributed by atoms with E-state index in [1.807, 2.05) is 25.1 Å². The Morgan fingerprint density at radius 2 is 1.80 bits per heavy atom. The van der Waals surface area contributed by atoms with Crippen LogP contribution < -0.4 is 11.0 Å². The zero-order chi connectivity index (χ0) is 17.6. The van der Waals surface area contributed by atoms with E-state index in [1.54, 1.807) is 18.2 Å². The van der Waals surface area contributed by atoms with E-state index in [4.69, 9.17) is 0 Å². The number of rotatable bonds is 3. The minimum atomic E-state index is -0.265. The maximum atomic E-state index is 12.5. The molecule has 126 valence electrons. The number of imidazole rings is 1. The molecule has 0 radical (unpaired) electrons. The lowest BCUT2D eigenvalue weighted by Gasteiger charge is -2.06. The highest BCUT2D eigenvalue weighted by Crippen LogP contribution is 2.26. The van der Waals surface area contributed by atoms with Crippen LogP contribution in [-0.2, 0) is 11.2 Å². The van der Waals surface area contributed by atoms with Crippen molar-refractivity contribution in [1.82, 2.24) is 15.0 Å². The Morgan fingerprint density at radius 3 is 2.64 bits per heavy atom. The van der Waals surface area contributed by atoms with Crippen molar-refractivity contribution in [3.63, 3.8) is 0 Å². The summed E-state index contributed by atoms with van der Waals surface area (Å²) in [6.45, 7) is 1.97. The number of hydrogen-bond acceptors (Lipinski definition) is 2. The molecule has 4 N–H and O–H groups in total. The zero-order valence-electron chi connectivity index (χ0n) is 13.4. The van der Waals surface area contributed by atoms with Crippen LogP contribution in [0.25, 0.3) is 21.9 Å². The minimum Gasteiger partial charge on any atom is -0.358 e. The lowest BCUT2D eigenvalue weighted by atomic mass is 10.1. The molecule has 0 spiro atoms. The van der Waals surface area contributed by atoms with Gasteiger partial charge in [0, 0.05) is 26.8 Å². The van der Waals surface area contributed by atoms with E-state index in [-0.39, 0.29) is 18.0 Å². The lowest BCUT2D eigenvalue weighted by Crippen LogP contribution is -2.14. The van der Waals surface area contributed by atoms with Crippen molar-refractivity contribution in [3.8, 4) is 0 Å². The summed E-state index contributed by atoms with van der Waals surface area (Å²) < 4.78 is 0.975. The van der Waals surface area contributed by atoms with Crippen LogP contribution in [0.2, 0.25) is 0 Å². The molecule has 0 saturated heterocycles. The number of carbonyl (C=O) groups excluding carboxylic acids is 1. The lowest BCUT2D eigenvalue weighted by molar-refractivity contribution is -0.115. The molecule has 0 fully saturated rings. The first-order valence-corrected chi connectivity index (χ1v) is 8.57. The van der Waals surface area contributed by atoms with Gasteiger partial charge in [0.15, 0.2) is 0 Å². The van der Waals surface area contributed by atoms with Crippen LogP contribution in [0, 0.1) is 6.92 Å². The number of halogens is 1. The number of aromatic amines is 3. The molecule has 2 aromatic carbocycles. The Balaban J connectivity index is 1.60. The number of fused-ring (bicyclic) bond motifs is 2. The van der Waals surface area contributed by atoms with Gasteiger partial charge in [0.05, 0.1) is 17.5 Å². The summed E-state index contributed by atoms with van der Waals surface area (Å²) in [5.74, 6) is -0.110. The second-order valence-electron chi connectivity index (χ2n) is 5.98. The molecule has 0 unspecified atom stereocenters. The third kappa shape index (κ3) is 2.98. The van der Waals surface area contributed by atoms with Gasteiger partial charge in [-0.3, -0.25) is 4.79 Å². The number of hydrogen-bond donors (Lipinski definition) is 4. The normalized spacial score (nSPS) is 11.3. The number of anilines is 1. The topological polar surface area (TPSA) is 93.5 Å². The second-order valence-corrected chi connectivity index (χ2v) is 6.90. The Bertz CT molecular complexity index is 1170. The van der Waals surface area contributed by atoms with Crippen molar-refractivity contribution in [2.24, 2.45) is 0 Å². The Labute approximate surface area is 150 Å². The standard InChI is InChI=1S/C18H15BrN4O2/c1-9-12(13-6-10(19)2-4-14(13)20-9)8-17(24)21-11-3-5-15-16(7-11)23-18(25)22-15/h2-7,20H,8H2,1H3,(H,21,24)(H2,22,23,25). The van der Waals surface area contributed by atoms with E-state index in [2.05, 4.69) is 36.2 Å². The van der Waals surface area contributed by atoms with Gasteiger partial charge in [0.25, 0.3) is 0 Å². The van der Waals surface area contributed by atoms with Crippen molar-refractivity contribution in [1.29, 1.82) is 0 Å². The molecule has 0 saturated carbocycles. The van der Waals surface area contributed by atoms with Crippen LogP contribution in [-0.4, -0.2) is 20.9 Å². The van der Waals surface area contributed by atoms with Gasteiger partial charge < -0.3 is 20.3 Å². The zero-order valence-corrected chi connectivity index (χ0v) is 15.0. The van der Waals surface area contributed by atoms with Crippen LogP contribution in [0.15, 0.2) is 45.7 Å². The Morgan fingerprint density at radius 1 is 1.04 bits per heavy atom. The van der Waals surface area contributed by atoms with Gasteiger partial charge in [-0.1, -0.05) is 15.9 Å². The average molecular weight is 399 g/mol. The fourth-order valence-corrected chi connectivity index (χ4v) is 3.42. The maximum absolute atomic E-state index is 12.5. The Kier molecular flexibility index (Phi) is 3.73. The molecular formula is C18H15BrN4O2. The monoisotopic (exact) mass is 398 g/mol. The smallest absolute Gasteiger partial charge is 0.323 e. The third-order valence-electron chi connectivity index (χ3n) is 4.22. The Hall–Kier alpha value is -2.80. The molecule has 7 heteroatoms. The summed E-state index contributed by atoms with van der Waals surface area (Å²) in [6.07, 6.45) is 0.268. The number of aryl methyl sites for hydroxylation is 1. The number of benzene rings is 2. The molecule has 4 aromatic rings. The van der Waals surface area contributed by atoms with Crippen molar-refractivity contribution in [3.05, 3.63) is 62.6 Å². The summed E-state index contributed by atoms with van der Waals surface area (Å²) >= 11 is 3.47. The van der Waals surface area contributed by atoms with Crippen LogP contribution >= 0.6 is 15.9 Å². The van der Waals surface area contributed by atoms with Crippen LogP contribution in [0.5, 0.6) is 0 Å². The average Bonchev–Trinajstić information content (AvgIpc) is 3.06. The van der Waals surface area contributed by atoms with Gasteiger partial charge in [-0.15, -0.1) is 0 Å². The van der Waals surface area contributed by atoms with E-state index in [0.29, 0.717) is 16.7 Å². The largest absolute Gasteiger partial charge is 0.358 e. The van der Waals surface area contributed by atoms with Gasteiger partial charge in [-0.05, 0) is 48.9 Å². The fraction of sp³-hybridized carbons (Fsp3) is 0.111. The molecule has 0 aliphatic heterocycles. The van der Waals surface area contributed by atoms with E-state index < -0.39 is 0 Å². The molecule has 2 aromatic heterocycles. The van der Waals surface area contributed by atoms with Gasteiger partial charge in [0.2, 0.25) is 5.91 Å². The molecule has 0 aliphatic rings. The van der Waals surface area contributed by atoms with Gasteiger partial charge in [0.1, 0.15) is 0 Å². The number of H-pyrrole nitrogens is 3. The van der Waals surface area contributed by atoms with Gasteiger partial charge >= 0.3 is 5.69 Å². The first kappa shape index (κ1) is 15.7. The predicted molar refractivity (Wildman–Crippen MR) is 102 cm³/mol. The van der Waals surface area contributed by atoms with Gasteiger partial charge in [-0.25, -0.2) is 4.79 Å². The number of nitrogens with one attached hydrogen (secondary N) is 4. The molecule has 1 amide bonds. The van der Waals surface area contributed by atoms with Crippen molar-refractivity contribution in [2.75, 3.05) is 5.32 Å². The summed E-state index contributed by atoms with van der Waals surface area (Å²) in [5, 5.41) is 3.92. The predicted octanol–water partition coefficient (Wildman–Crippen LogP) is 3.59. The number of carbonyl (C=O) groups is 1. The summed E-state index contributed by atoms with van der Waals surface area (Å²) in [6, 6.07) is 11.2. The summed E-state index contributed by atoms with van der Waals surface area (Å²) in [7, 11) is 0. The molecule has 0 bridgehead atoms. The van der Waals surface area contributed by atoms with Crippen molar-refractivity contribution >= 4 is 49.5 Å². The second kappa shape index (κ2) is 5.93. The highest BCUT2D eigenvalue weighted by Gasteiger charge is 2.13. The summed E-state index contributed by atoms with van der Waals surface area (Å²) in [5.41, 5.74) is 4.72. The van der Waals surface area contributed by atoms with Crippen molar-refractivity contribution in [2.45, 2.75) is 13.3 Å². The number of amides is 1. The van der Waals surface area contributed by atoms with Gasteiger partial charge in [-0.2, -0.15) is 0 Å². The van der Waals surface area contributed by atoms with Crippen LogP contribution in [0.3, 0.4) is 0 Å². The first-order valence-electron chi connectivity index (χ1n) is 7.78. The molecule has 4 rings (SSSR count). The molecule has 25 heavy (non-hydrogen) atoms.